The molecule has 0 aliphatic heterocycles. The van der Waals surface area contributed by atoms with Gasteiger partial charge in [0.2, 0.25) is 0 Å². The summed E-state index contributed by atoms with van der Waals surface area (Å²) in [6.07, 6.45) is -4.73. The lowest BCUT2D eigenvalue weighted by atomic mass is 10.1. The summed E-state index contributed by atoms with van der Waals surface area (Å²) in [5.41, 5.74) is -0.733. The Morgan fingerprint density at radius 2 is 1.76 bits per heavy atom. The van der Waals surface area contributed by atoms with Crippen LogP contribution in [0.2, 0.25) is 5.02 Å². The highest BCUT2D eigenvalue weighted by Crippen LogP contribution is 2.38. The number of Topliss-reactive ketones (excluding diaryl/α,β-unsaturated/α-hetero) is 1. The predicted octanol–water partition coefficient (Wildman–Crippen LogP) is 6.27. The molecule has 1 heterocycles. The SMILES string of the molecule is N#Cc1c(C(F)(F)F)cc(-c2ccccc2)nc1SCC(=O)c1ccc(Cl)cc1. The molecule has 0 N–H and O–H groups in total. The maximum Gasteiger partial charge on any atom is 0.417 e. The minimum Gasteiger partial charge on any atom is -0.293 e. The highest BCUT2D eigenvalue weighted by Gasteiger charge is 2.36. The number of ketones is 1. The maximum atomic E-state index is 13.5. The first kappa shape index (κ1) is 20.9. The standard InChI is InChI=1S/C21H12ClF3N2OS/c22-15-8-6-14(7-9-15)19(28)12-29-20-16(11-26)17(21(23,24)25)10-18(27-20)13-4-2-1-3-5-13/h1-10H,12H2. The summed E-state index contributed by atoms with van der Waals surface area (Å²) in [6, 6.07) is 17.0. The summed E-state index contributed by atoms with van der Waals surface area (Å²) in [4.78, 5) is 16.6. The summed E-state index contributed by atoms with van der Waals surface area (Å²) >= 11 is 6.60. The van der Waals surface area contributed by atoms with Crippen LogP contribution in [-0.4, -0.2) is 16.5 Å². The Morgan fingerprint density at radius 3 is 2.34 bits per heavy atom. The van der Waals surface area contributed by atoms with Gasteiger partial charge in [-0.05, 0) is 30.3 Å². The average Bonchev–Trinajstić information content (AvgIpc) is 2.71. The fourth-order valence-electron chi connectivity index (χ4n) is 2.57. The molecule has 2 aromatic carbocycles. The van der Waals surface area contributed by atoms with Gasteiger partial charge in [0.25, 0.3) is 0 Å². The van der Waals surface area contributed by atoms with Gasteiger partial charge in [-0.3, -0.25) is 4.79 Å². The van der Waals surface area contributed by atoms with E-state index in [2.05, 4.69) is 4.98 Å². The molecule has 146 valence electrons. The normalized spacial score (nSPS) is 11.1. The number of benzene rings is 2. The molecular weight excluding hydrogens is 421 g/mol. The van der Waals surface area contributed by atoms with E-state index in [9.17, 15) is 23.2 Å². The van der Waals surface area contributed by atoms with Crippen molar-refractivity contribution in [2.24, 2.45) is 0 Å². The molecule has 8 heteroatoms. The van der Waals surface area contributed by atoms with E-state index in [0.717, 1.165) is 17.8 Å². The van der Waals surface area contributed by atoms with Crippen molar-refractivity contribution in [3.05, 3.63) is 82.4 Å². The number of nitrogens with zero attached hydrogens (tertiary/aromatic N) is 2. The van der Waals surface area contributed by atoms with Gasteiger partial charge < -0.3 is 0 Å². The molecule has 0 atom stereocenters. The van der Waals surface area contributed by atoms with E-state index in [1.807, 2.05) is 0 Å². The Bertz CT molecular complexity index is 1080. The third-order valence-electron chi connectivity index (χ3n) is 3.98. The summed E-state index contributed by atoms with van der Waals surface area (Å²) in [5, 5.41) is 9.66. The Balaban J connectivity index is 1.99. The zero-order chi connectivity index (χ0) is 21.0. The van der Waals surface area contributed by atoms with E-state index in [1.165, 1.54) is 12.1 Å². The molecule has 3 nitrogen and oxygen atoms in total. The van der Waals surface area contributed by atoms with E-state index < -0.39 is 17.3 Å². The van der Waals surface area contributed by atoms with Gasteiger partial charge in [-0.2, -0.15) is 18.4 Å². The van der Waals surface area contributed by atoms with Crippen molar-refractivity contribution < 1.29 is 18.0 Å². The van der Waals surface area contributed by atoms with Gasteiger partial charge in [-0.25, -0.2) is 4.98 Å². The van der Waals surface area contributed by atoms with Crippen LogP contribution in [-0.2, 0) is 6.18 Å². The number of rotatable bonds is 5. The van der Waals surface area contributed by atoms with Gasteiger partial charge in [0.1, 0.15) is 11.1 Å². The van der Waals surface area contributed by atoms with Crippen molar-refractivity contribution in [2.75, 3.05) is 5.75 Å². The lowest BCUT2D eigenvalue weighted by Gasteiger charge is -2.14. The molecule has 0 radical (unpaired) electrons. The average molecular weight is 433 g/mol. The van der Waals surface area contributed by atoms with Crippen molar-refractivity contribution in [3.63, 3.8) is 0 Å². The van der Waals surface area contributed by atoms with Crippen molar-refractivity contribution >= 4 is 29.1 Å². The van der Waals surface area contributed by atoms with Crippen LogP contribution in [0, 0.1) is 11.3 Å². The third-order valence-corrected chi connectivity index (χ3v) is 5.21. The van der Waals surface area contributed by atoms with Crippen LogP contribution in [0.3, 0.4) is 0 Å². The Kier molecular flexibility index (Phi) is 6.26. The molecule has 0 saturated carbocycles. The van der Waals surface area contributed by atoms with Crippen LogP contribution in [0.1, 0.15) is 21.5 Å². The topological polar surface area (TPSA) is 53.8 Å². The van der Waals surface area contributed by atoms with Gasteiger partial charge in [-0.15, -0.1) is 0 Å². The highest BCUT2D eigenvalue weighted by molar-refractivity contribution is 8.00. The van der Waals surface area contributed by atoms with E-state index >= 15 is 0 Å². The van der Waals surface area contributed by atoms with Crippen LogP contribution in [0.25, 0.3) is 11.3 Å². The zero-order valence-corrected chi connectivity index (χ0v) is 16.3. The highest BCUT2D eigenvalue weighted by atomic mass is 35.5. The molecule has 0 aliphatic carbocycles. The summed E-state index contributed by atoms with van der Waals surface area (Å²) < 4.78 is 40.6. The van der Waals surface area contributed by atoms with Crippen molar-refractivity contribution in [3.8, 4) is 17.3 Å². The third kappa shape index (κ3) is 4.97. The van der Waals surface area contributed by atoms with E-state index in [0.29, 0.717) is 16.1 Å². The smallest absolute Gasteiger partial charge is 0.293 e. The van der Waals surface area contributed by atoms with E-state index in [4.69, 9.17) is 11.6 Å². The molecule has 0 fully saturated rings. The molecule has 0 saturated heterocycles. The monoisotopic (exact) mass is 432 g/mol. The number of halogens is 4. The number of carbonyl (C=O) groups excluding carboxylic acids is 1. The number of hydrogen-bond acceptors (Lipinski definition) is 4. The number of alkyl halides is 3. The summed E-state index contributed by atoms with van der Waals surface area (Å²) in [5.74, 6) is -0.477. The van der Waals surface area contributed by atoms with Crippen molar-refractivity contribution in [2.45, 2.75) is 11.2 Å². The predicted molar refractivity (Wildman–Crippen MR) is 106 cm³/mol. The molecule has 29 heavy (non-hydrogen) atoms. The minimum absolute atomic E-state index is 0.0818. The van der Waals surface area contributed by atoms with Gasteiger partial charge in [0.05, 0.1) is 22.6 Å². The fourth-order valence-corrected chi connectivity index (χ4v) is 3.59. The fraction of sp³-hybridized carbons (Fsp3) is 0.0952. The number of aromatic nitrogens is 1. The summed E-state index contributed by atoms with van der Waals surface area (Å²) in [7, 11) is 0. The number of hydrogen-bond donors (Lipinski definition) is 0. The Labute approximate surface area is 174 Å². The van der Waals surface area contributed by atoms with Gasteiger partial charge in [-0.1, -0.05) is 53.7 Å². The number of carbonyl (C=O) groups is 1. The first-order chi connectivity index (χ1) is 13.8. The molecule has 0 unspecified atom stereocenters. The van der Waals surface area contributed by atoms with Crippen LogP contribution >= 0.6 is 23.4 Å². The molecular formula is C21H12ClF3N2OS. The Morgan fingerprint density at radius 1 is 1.10 bits per heavy atom. The van der Waals surface area contributed by atoms with Crippen molar-refractivity contribution in [1.82, 2.24) is 4.98 Å². The first-order valence-corrected chi connectivity index (χ1v) is 9.65. The van der Waals surface area contributed by atoms with Gasteiger partial charge >= 0.3 is 6.18 Å². The number of nitriles is 1. The molecule has 1 aromatic heterocycles. The molecule has 0 spiro atoms. The number of thioether (sulfide) groups is 1. The maximum absolute atomic E-state index is 13.5. The van der Waals surface area contributed by atoms with E-state index in [1.54, 1.807) is 48.5 Å². The van der Waals surface area contributed by atoms with Crippen LogP contribution in [0.15, 0.2) is 65.7 Å². The quantitative estimate of drug-likeness (QED) is 0.352. The lowest BCUT2D eigenvalue weighted by molar-refractivity contribution is -0.138. The van der Waals surface area contributed by atoms with Crippen LogP contribution in [0.5, 0.6) is 0 Å². The number of pyridine rings is 1. The molecule has 0 aliphatic rings. The van der Waals surface area contributed by atoms with Gasteiger partial charge in [0.15, 0.2) is 5.78 Å². The van der Waals surface area contributed by atoms with Crippen LogP contribution in [0.4, 0.5) is 13.2 Å². The molecule has 0 bridgehead atoms. The summed E-state index contributed by atoms with van der Waals surface area (Å²) in [6.45, 7) is 0. The largest absolute Gasteiger partial charge is 0.417 e. The molecule has 0 amide bonds. The molecule has 3 rings (SSSR count). The minimum atomic E-state index is -4.73. The van der Waals surface area contributed by atoms with Crippen LogP contribution < -0.4 is 0 Å². The van der Waals surface area contributed by atoms with Crippen molar-refractivity contribution in [1.29, 1.82) is 5.26 Å². The second-order valence-electron chi connectivity index (χ2n) is 5.93. The Hall–Kier alpha value is -2.82. The zero-order valence-electron chi connectivity index (χ0n) is 14.7. The van der Waals surface area contributed by atoms with E-state index in [-0.39, 0.29) is 22.3 Å². The van der Waals surface area contributed by atoms with Gasteiger partial charge in [0, 0.05) is 16.1 Å². The molecule has 3 aromatic rings. The first-order valence-electron chi connectivity index (χ1n) is 8.29. The lowest BCUT2D eigenvalue weighted by Crippen LogP contribution is -2.11. The second-order valence-corrected chi connectivity index (χ2v) is 7.33. The second kappa shape index (κ2) is 8.68.